The quantitative estimate of drug-likeness (QED) is 0.325. The number of carbonyl (C=O) groups is 4. The van der Waals surface area contributed by atoms with Crippen LogP contribution in [0.15, 0.2) is 0 Å². The van der Waals surface area contributed by atoms with Crippen molar-refractivity contribution in [1.82, 2.24) is 0 Å². The van der Waals surface area contributed by atoms with E-state index in [0.29, 0.717) is 0 Å². The van der Waals surface area contributed by atoms with Gasteiger partial charge in [-0.15, -0.1) is 0 Å². The first-order valence-electron chi connectivity index (χ1n) is 2.15. The predicted molar refractivity (Wildman–Crippen MR) is 22.7 cm³/mol. The van der Waals surface area contributed by atoms with E-state index in [4.69, 9.17) is 39.6 Å². The molecule has 0 aromatic heterocycles. The molecule has 0 aliphatic carbocycles. The number of carbonyl (C=O) groups excluding carboxylic acids is 3. The van der Waals surface area contributed by atoms with Crippen molar-refractivity contribution in [1.29, 1.82) is 0 Å². The molecule has 68 valence electrons. The molecule has 11 heteroatoms. The van der Waals surface area contributed by atoms with Gasteiger partial charge in [-0.05, 0) is 0 Å². The second-order valence-electron chi connectivity index (χ2n) is 1.17. The van der Waals surface area contributed by atoms with Gasteiger partial charge in [0.2, 0.25) is 0 Å². The molecule has 1 N–H and O–H groups in total. The summed E-state index contributed by atoms with van der Waals surface area (Å²) in [6.07, 6.45) is 0. The minimum absolute atomic E-state index is 0. The molecule has 0 aliphatic heterocycles. The van der Waals surface area contributed by atoms with Crippen LogP contribution in [-0.4, -0.2) is 29.0 Å². The molecule has 0 spiro atoms. The Bertz CT molecular complexity index is 178. The summed E-state index contributed by atoms with van der Waals surface area (Å²) in [6.45, 7) is 0. The number of carboxylic acids is 4. The summed E-state index contributed by atoms with van der Waals surface area (Å²) in [7, 11) is 0. The molecule has 0 fully saturated rings. The fourth-order valence-electron chi connectivity index (χ4n) is 0. The molecule has 15 heavy (non-hydrogen) atoms. The first-order chi connectivity index (χ1) is 5.29. The first kappa shape index (κ1) is 29.7. The zero-order chi connectivity index (χ0) is 10.3. The summed E-state index contributed by atoms with van der Waals surface area (Å²) in [4.78, 5) is 35.9. The Morgan fingerprint density at radius 1 is 0.667 bits per heavy atom. The van der Waals surface area contributed by atoms with E-state index >= 15 is 0 Å². The summed E-state index contributed by atoms with van der Waals surface area (Å²) in [5, 5.41) is 34.2. The van der Waals surface area contributed by atoms with Crippen LogP contribution in [0.5, 0.6) is 0 Å². The van der Waals surface area contributed by atoms with Crippen molar-refractivity contribution >= 4 is 23.9 Å². The van der Waals surface area contributed by atoms with Gasteiger partial charge in [0, 0.05) is 0 Å². The van der Waals surface area contributed by atoms with Gasteiger partial charge in [0.25, 0.3) is 0 Å². The third-order valence-electron chi connectivity index (χ3n) is 0.341. The molecule has 0 bridgehead atoms. The largest absolute Gasteiger partial charge is 1.00 e. The Balaban J connectivity index is -0.0000000370. The average molecular weight is 246 g/mol. The normalized spacial score (nSPS) is 5.87. The van der Waals surface area contributed by atoms with E-state index in [-0.39, 0.29) is 88.7 Å². The maximum absolute atomic E-state index is 9.04. The molecule has 0 saturated heterocycles. The smallest absolute Gasteiger partial charge is 0.543 e. The van der Waals surface area contributed by atoms with Crippen LogP contribution in [0, 0.1) is 0 Å². The van der Waals surface area contributed by atoms with Gasteiger partial charge in [-0.3, -0.25) is 0 Å². The van der Waals surface area contributed by atoms with Crippen molar-refractivity contribution in [3.8, 4) is 0 Å². The molecule has 0 atom stereocenters. The van der Waals surface area contributed by atoms with E-state index in [1.54, 1.807) is 0 Å². The van der Waals surface area contributed by atoms with Crippen molar-refractivity contribution in [3.63, 3.8) is 0 Å². The molecular formula is C4HNa3O8. The van der Waals surface area contributed by atoms with Gasteiger partial charge in [0.15, 0.2) is 5.97 Å². The minimum atomic E-state index is -2.19. The first-order valence-corrected chi connectivity index (χ1v) is 2.15. The standard InChI is InChI=1S/2C2H2O4.3Na/c2*3-1(4)2(5)6;;;/h2*(H,3,4)(H,5,6);;;/q;;3*+1/p-3. The summed E-state index contributed by atoms with van der Waals surface area (Å²) in [5.74, 6) is -8.38. The molecule has 8 nitrogen and oxygen atoms in total. The fraction of sp³-hybridized carbons (Fsp3) is 0. The predicted octanol–water partition coefficient (Wildman–Crippen LogP) is -14.7. The number of carboxylic acid groups (broad SMARTS) is 4. The van der Waals surface area contributed by atoms with E-state index in [0.717, 1.165) is 0 Å². The van der Waals surface area contributed by atoms with Gasteiger partial charge in [0.1, 0.15) is 0 Å². The molecule has 0 aliphatic rings. The van der Waals surface area contributed by atoms with E-state index in [2.05, 4.69) is 0 Å². The summed E-state index contributed by atoms with van der Waals surface area (Å²) in [5.41, 5.74) is 0. The minimum Gasteiger partial charge on any atom is -0.543 e. The average Bonchev–Trinajstić information content (AvgIpc) is 1.88. The van der Waals surface area contributed by atoms with Crippen LogP contribution in [0.2, 0.25) is 0 Å². The van der Waals surface area contributed by atoms with Crippen molar-refractivity contribution in [2.45, 2.75) is 0 Å². The SMILES string of the molecule is O=C([O-])C(=O)O.O=C([O-])C(=O)[O-].[Na+].[Na+].[Na+]. The van der Waals surface area contributed by atoms with Crippen LogP contribution >= 0.6 is 0 Å². The third-order valence-corrected chi connectivity index (χ3v) is 0.341. The van der Waals surface area contributed by atoms with Crippen molar-refractivity contribution in [3.05, 3.63) is 0 Å². The fourth-order valence-corrected chi connectivity index (χ4v) is 0. The van der Waals surface area contributed by atoms with E-state index in [1.165, 1.54) is 0 Å². The summed E-state index contributed by atoms with van der Waals surface area (Å²) in [6, 6.07) is 0. The van der Waals surface area contributed by atoms with Gasteiger partial charge in [0.05, 0.1) is 11.9 Å². The van der Waals surface area contributed by atoms with Crippen LogP contribution in [0.3, 0.4) is 0 Å². The van der Waals surface area contributed by atoms with Crippen LogP contribution in [0.1, 0.15) is 0 Å². The van der Waals surface area contributed by atoms with Gasteiger partial charge < -0.3 is 34.8 Å². The van der Waals surface area contributed by atoms with Crippen molar-refractivity contribution in [2.24, 2.45) is 0 Å². The van der Waals surface area contributed by atoms with E-state index in [1.807, 2.05) is 0 Å². The van der Waals surface area contributed by atoms with E-state index < -0.39 is 23.9 Å². The van der Waals surface area contributed by atoms with Gasteiger partial charge in [-0.1, -0.05) is 0 Å². The monoisotopic (exact) mass is 246 g/mol. The summed E-state index contributed by atoms with van der Waals surface area (Å²) < 4.78 is 0. The third kappa shape index (κ3) is 31.3. The molecule has 0 heterocycles. The Labute approximate surface area is 150 Å². The van der Waals surface area contributed by atoms with Gasteiger partial charge in [-0.2, -0.15) is 0 Å². The molecule has 0 aromatic rings. The molecule has 0 amide bonds. The van der Waals surface area contributed by atoms with Gasteiger partial charge in [-0.25, -0.2) is 4.79 Å². The molecular weight excluding hydrogens is 245 g/mol. The number of hydrogen-bond acceptors (Lipinski definition) is 7. The van der Waals surface area contributed by atoms with Gasteiger partial charge >= 0.3 is 94.6 Å². The number of rotatable bonds is 0. The molecule has 0 aromatic carbocycles. The Kier molecular flexibility index (Phi) is 34.2. The molecule has 0 unspecified atom stereocenters. The van der Waals surface area contributed by atoms with Crippen molar-refractivity contribution in [2.75, 3.05) is 0 Å². The zero-order valence-electron chi connectivity index (χ0n) is 8.30. The van der Waals surface area contributed by atoms with Crippen LogP contribution in [0.25, 0.3) is 0 Å². The van der Waals surface area contributed by atoms with E-state index in [9.17, 15) is 0 Å². The van der Waals surface area contributed by atoms with Crippen molar-refractivity contribution < 1.29 is 128 Å². The number of aliphatic carboxylic acids is 4. The molecule has 0 rings (SSSR count). The molecule has 0 radical (unpaired) electrons. The zero-order valence-corrected chi connectivity index (χ0v) is 14.3. The van der Waals surface area contributed by atoms with Crippen LogP contribution < -0.4 is 104 Å². The Morgan fingerprint density at radius 3 is 0.800 bits per heavy atom. The second kappa shape index (κ2) is 17.3. The number of hydrogen-bond donors (Lipinski definition) is 1. The Morgan fingerprint density at radius 2 is 0.800 bits per heavy atom. The maximum Gasteiger partial charge on any atom is 1.00 e. The summed E-state index contributed by atoms with van der Waals surface area (Å²) >= 11 is 0. The topological polar surface area (TPSA) is 158 Å². The second-order valence-corrected chi connectivity index (χ2v) is 1.17. The van der Waals surface area contributed by atoms with Crippen LogP contribution in [0.4, 0.5) is 0 Å². The van der Waals surface area contributed by atoms with Crippen LogP contribution in [-0.2, 0) is 19.2 Å². The molecule has 0 saturated carbocycles. The maximum atomic E-state index is 9.04. The Hall–Kier alpha value is 0.880.